The molecule has 3 aromatic carbocycles. The van der Waals surface area contributed by atoms with Crippen molar-refractivity contribution < 1.29 is 22.8 Å². The highest BCUT2D eigenvalue weighted by Crippen LogP contribution is 2.23. The maximum atomic E-state index is 14.2. The molecule has 222 valence electrons. The monoisotopic (exact) mass is 609 g/mol. The maximum Gasteiger partial charge on any atom is 0.244 e. The Morgan fingerprint density at radius 3 is 2.21 bits per heavy atom. The van der Waals surface area contributed by atoms with Gasteiger partial charge in [-0.2, -0.15) is 0 Å². The number of hydrogen-bond acceptors (Lipinski definition) is 5. The van der Waals surface area contributed by atoms with Crippen molar-refractivity contribution in [2.75, 3.05) is 17.1 Å². The van der Waals surface area contributed by atoms with E-state index in [4.69, 9.17) is 11.6 Å². The van der Waals surface area contributed by atoms with Crippen molar-refractivity contribution in [3.63, 3.8) is 0 Å². The van der Waals surface area contributed by atoms with Crippen LogP contribution in [-0.4, -0.2) is 55.8 Å². The summed E-state index contributed by atoms with van der Waals surface area (Å²) in [4.78, 5) is 41.5. The molecule has 1 unspecified atom stereocenters. The summed E-state index contributed by atoms with van der Waals surface area (Å²) in [6.07, 6.45) is 5.08. The number of carbonyl (C=O) groups is 3. The third kappa shape index (κ3) is 8.42. The third-order valence-corrected chi connectivity index (χ3v) is 8.85. The van der Waals surface area contributed by atoms with Gasteiger partial charge in [0.1, 0.15) is 12.6 Å². The van der Waals surface area contributed by atoms with Crippen LogP contribution in [0.2, 0.25) is 5.02 Å². The summed E-state index contributed by atoms with van der Waals surface area (Å²) in [7, 11) is -3.93. The van der Waals surface area contributed by atoms with Crippen LogP contribution in [0, 0.1) is 0 Å². The van der Waals surface area contributed by atoms with E-state index in [0.717, 1.165) is 47.4 Å². The predicted octanol–water partition coefficient (Wildman–Crippen LogP) is 5.01. The largest absolute Gasteiger partial charge is 0.352 e. The van der Waals surface area contributed by atoms with E-state index >= 15 is 0 Å². The number of nitrogens with one attached hydrogen (secondary N) is 1. The Kier molecular flexibility index (Phi) is 10.4. The lowest BCUT2D eigenvalue weighted by Crippen LogP contribution is -2.54. The van der Waals surface area contributed by atoms with Crippen molar-refractivity contribution >= 4 is 44.9 Å². The summed E-state index contributed by atoms with van der Waals surface area (Å²) < 4.78 is 26.9. The molecule has 0 aromatic heterocycles. The fourth-order valence-corrected chi connectivity index (χ4v) is 6.17. The summed E-state index contributed by atoms with van der Waals surface area (Å²) in [6, 6.07) is 21.7. The van der Waals surface area contributed by atoms with E-state index in [9.17, 15) is 22.8 Å². The molecular formula is C32H36ClN3O5S. The van der Waals surface area contributed by atoms with E-state index in [2.05, 4.69) is 5.32 Å². The molecule has 1 N–H and O–H groups in total. The zero-order valence-electron chi connectivity index (χ0n) is 23.8. The molecule has 0 radical (unpaired) electrons. The van der Waals surface area contributed by atoms with Gasteiger partial charge in [-0.05, 0) is 55.2 Å². The van der Waals surface area contributed by atoms with Gasteiger partial charge >= 0.3 is 0 Å². The summed E-state index contributed by atoms with van der Waals surface area (Å²) in [5.74, 6) is -1.06. The van der Waals surface area contributed by atoms with Crippen molar-refractivity contribution in [1.82, 2.24) is 10.2 Å². The minimum absolute atomic E-state index is 0.0325. The molecule has 0 spiro atoms. The van der Waals surface area contributed by atoms with Gasteiger partial charge in [0.05, 0.1) is 11.9 Å². The normalized spacial score (nSPS) is 14.3. The molecule has 1 fully saturated rings. The van der Waals surface area contributed by atoms with E-state index in [1.165, 1.54) is 17.9 Å². The Morgan fingerprint density at radius 1 is 0.929 bits per heavy atom. The van der Waals surface area contributed by atoms with Crippen LogP contribution in [0.3, 0.4) is 0 Å². The zero-order valence-corrected chi connectivity index (χ0v) is 25.4. The van der Waals surface area contributed by atoms with Gasteiger partial charge in [0.15, 0.2) is 5.78 Å². The second kappa shape index (κ2) is 14.0. The van der Waals surface area contributed by atoms with Crippen molar-refractivity contribution in [2.24, 2.45) is 0 Å². The number of rotatable bonds is 12. The molecule has 4 rings (SSSR count). The first-order valence-electron chi connectivity index (χ1n) is 14.0. The Hall–Kier alpha value is -3.69. The molecule has 1 saturated carbocycles. The van der Waals surface area contributed by atoms with Crippen LogP contribution in [0.25, 0.3) is 0 Å². The van der Waals surface area contributed by atoms with Crippen molar-refractivity contribution in [3.05, 3.63) is 101 Å². The molecule has 0 aliphatic heterocycles. The average molecular weight is 610 g/mol. The minimum Gasteiger partial charge on any atom is -0.352 e. The van der Waals surface area contributed by atoms with Crippen molar-refractivity contribution in [2.45, 2.75) is 57.7 Å². The van der Waals surface area contributed by atoms with Crippen LogP contribution in [0.1, 0.15) is 54.1 Å². The first-order valence-corrected chi connectivity index (χ1v) is 16.2. The molecule has 1 aliphatic carbocycles. The second-order valence-electron chi connectivity index (χ2n) is 10.7. The Labute approximate surface area is 252 Å². The maximum absolute atomic E-state index is 14.2. The lowest BCUT2D eigenvalue weighted by atomic mass is 10.0. The van der Waals surface area contributed by atoms with Gasteiger partial charge in [0.25, 0.3) is 0 Å². The molecule has 0 saturated heterocycles. The molecule has 42 heavy (non-hydrogen) atoms. The second-order valence-corrected chi connectivity index (χ2v) is 13.1. The van der Waals surface area contributed by atoms with Gasteiger partial charge in [0, 0.05) is 29.6 Å². The quantitative estimate of drug-likeness (QED) is 0.291. The first-order chi connectivity index (χ1) is 20.0. The number of carbonyl (C=O) groups excluding carboxylic acids is 3. The average Bonchev–Trinajstić information content (AvgIpc) is 3.47. The number of amides is 2. The standard InChI is InChI=1S/C32H36ClN3O5S/c1-23(37)26-11-8-14-29(20-26)36(42(2,40)41)22-31(38)35(21-25-15-17-27(33)18-16-25)30(19-24-9-4-3-5-10-24)32(39)34-28-12-6-7-13-28/h3-5,8-11,14-18,20,28,30H,6-7,12-13,19,21-22H2,1-2H3,(H,34,39). The molecule has 8 nitrogen and oxygen atoms in total. The minimum atomic E-state index is -3.93. The van der Waals surface area contributed by atoms with Crippen LogP contribution >= 0.6 is 11.6 Å². The van der Waals surface area contributed by atoms with E-state index in [1.807, 2.05) is 30.3 Å². The van der Waals surface area contributed by atoms with Crippen molar-refractivity contribution in [1.29, 1.82) is 0 Å². The van der Waals surface area contributed by atoms with Gasteiger partial charge in [0.2, 0.25) is 21.8 Å². The number of nitrogens with zero attached hydrogens (tertiary/aromatic N) is 2. The van der Waals surface area contributed by atoms with Gasteiger partial charge in [-0.25, -0.2) is 8.42 Å². The topological polar surface area (TPSA) is 104 Å². The van der Waals surface area contributed by atoms with Crippen molar-refractivity contribution in [3.8, 4) is 0 Å². The predicted molar refractivity (Wildman–Crippen MR) is 165 cm³/mol. The van der Waals surface area contributed by atoms with Gasteiger partial charge in [-0.3, -0.25) is 18.7 Å². The number of ketones is 1. The molecule has 1 aliphatic rings. The molecule has 2 amide bonds. The smallest absolute Gasteiger partial charge is 0.244 e. The zero-order chi connectivity index (χ0) is 30.3. The van der Waals surface area contributed by atoms with Crippen LogP contribution in [0.4, 0.5) is 5.69 Å². The number of anilines is 1. The number of halogens is 1. The third-order valence-electron chi connectivity index (χ3n) is 7.46. The Balaban J connectivity index is 1.73. The number of sulfonamides is 1. The van der Waals surface area contributed by atoms with Crippen LogP contribution in [-0.2, 0) is 32.6 Å². The highest BCUT2D eigenvalue weighted by atomic mass is 35.5. The SMILES string of the molecule is CC(=O)c1cccc(N(CC(=O)N(Cc2ccc(Cl)cc2)C(Cc2ccccc2)C(=O)NC2CCCC2)S(C)(=O)=O)c1. The lowest BCUT2D eigenvalue weighted by molar-refractivity contribution is -0.140. The van der Waals surface area contributed by atoms with Gasteiger partial charge in [-0.15, -0.1) is 0 Å². The summed E-state index contributed by atoms with van der Waals surface area (Å²) in [6.45, 7) is 0.909. The summed E-state index contributed by atoms with van der Waals surface area (Å²) >= 11 is 6.11. The van der Waals surface area contributed by atoms with Crippen LogP contribution < -0.4 is 9.62 Å². The number of benzene rings is 3. The molecule has 0 bridgehead atoms. The van der Waals surface area contributed by atoms with E-state index in [-0.39, 0.29) is 36.4 Å². The Bertz CT molecular complexity index is 1510. The highest BCUT2D eigenvalue weighted by molar-refractivity contribution is 7.92. The number of hydrogen-bond donors (Lipinski definition) is 1. The molecular weight excluding hydrogens is 574 g/mol. The van der Waals surface area contributed by atoms with Crippen LogP contribution in [0.5, 0.6) is 0 Å². The van der Waals surface area contributed by atoms with E-state index in [1.54, 1.807) is 42.5 Å². The fourth-order valence-electron chi connectivity index (χ4n) is 5.20. The highest BCUT2D eigenvalue weighted by Gasteiger charge is 2.34. The van der Waals surface area contributed by atoms with E-state index in [0.29, 0.717) is 10.6 Å². The molecule has 1 atom stereocenters. The fraction of sp³-hybridized carbons (Fsp3) is 0.344. The Morgan fingerprint density at radius 2 is 1.60 bits per heavy atom. The van der Waals surface area contributed by atoms with Crippen LogP contribution in [0.15, 0.2) is 78.9 Å². The molecule has 0 heterocycles. The van der Waals surface area contributed by atoms with Gasteiger partial charge in [-0.1, -0.05) is 79.0 Å². The van der Waals surface area contributed by atoms with Gasteiger partial charge < -0.3 is 10.2 Å². The first kappa shape index (κ1) is 31.3. The molecule has 3 aromatic rings. The van der Waals surface area contributed by atoms with E-state index < -0.39 is 28.5 Å². The summed E-state index contributed by atoms with van der Waals surface area (Å²) in [5.41, 5.74) is 2.13. The summed E-state index contributed by atoms with van der Waals surface area (Å²) in [5, 5.41) is 3.67. The lowest BCUT2D eigenvalue weighted by Gasteiger charge is -2.34. The molecule has 10 heteroatoms. The number of Topliss-reactive ketones (excluding diaryl/α,β-unsaturated/α-hetero) is 1.